The average molecular weight is 537 g/mol. The van der Waals surface area contributed by atoms with Crippen molar-refractivity contribution in [2.45, 2.75) is 63.9 Å². The summed E-state index contributed by atoms with van der Waals surface area (Å²) >= 11 is 0. The molecule has 3 heterocycles. The third kappa shape index (κ3) is 5.07. The fraction of sp³-hybridized carbons (Fsp3) is 0.364. The fourth-order valence-electron chi connectivity index (χ4n) is 6.87. The summed E-state index contributed by atoms with van der Waals surface area (Å²) in [5.41, 5.74) is 5.41. The zero-order chi connectivity index (χ0) is 27.8. The topological polar surface area (TPSA) is 73.0 Å². The van der Waals surface area contributed by atoms with Gasteiger partial charge in [-0.1, -0.05) is 72.8 Å². The van der Waals surface area contributed by atoms with Crippen molar-refractivity contribution in [3.05, 3.63) is 107 Å². The highest BCUT2D eigenvalue weighted by Crippen LogP contribution is 2.35. The van der Waals surface area contributed by atoms with Crippen molar-refractivity contribution in [2.75, 3.05) is 13.1 Å². The Morgan fingerprint density at radius 3 is 2.08 bits per heavy atom. The highest BCUT2D eigenvalue weighted by Gasteiger charge is 2.39. The van der Waals surface area contributed by atoms with Crippen LogP contribution in [0.15, 0.2) is 78.9 Å². The second-order valence-corrected chi connectivity index (χ2v) is 11.5. The van der Waals surface area contributed by atoms with Gasteiger partial charge in [0.25, 0.3) is 5.91 Å². The number of benzene rings is 3. The number of imide groups is 1. The van der Waals surface area contributed by atoms with Crippen LogP contribution in [-0.2, 0) is 22.7 Å². The quantitative estimate of drug-likeness (QED) is 0.480. The zero-order valence-electron chi connectivity index (χ0n) is 23.1. The Morgan fingerprint density at radius 1 is 0.850 bits per heavy atom. The molecule has 1 N–H and O–H groups in total. The van der Waals surface area contributed by atoms with Crippen molar-refractivity contribution in [3.8, 4) is 0 Å². The van der Waals surface area contributed by atoms with Crippen molar-refractivity contribution in [3.63, 3.8) is 0 Å². The number of hydrogen-bond donors (Lipinski definition) is 1. The molecule has 3 unspecified atom stereocenters. The molecule has 3 aromatic rings. The number of rotatable bonds is 6. The van der Waals surface area contributed by atoms with Crippen molar-refractivity contribution >= 4 is 17.7 Å². The number of nitrogens with one attached hydrogen (secondary N) is 1. The minimum atomic E-state index is -0.585. The van der Waals surface area contributed by atoms with Gasteiger partial charge in [-0.05, 0) is 48.6 Å². The van der Waals surface area contributed by atoms with Gasteiger partial charge >= 0.3 is 0 Å². The number of nitrogens with zero attached hydrogens (tertiary/aromatic N) is 3. The molecule has 0 bridgehead atoms. The van der Waals surface area contributed by atoms with Gasteiger partial charge in [0.15, 0.2) is 0 Å². The molecule has 7 heteroatoms. The van der Waals surface area contributed by atoms with Gasteiger partial charge in [0.1, 0.15) is 6.04 Å². The summed E-state index contributed by atoms with van der Waals surface area (Å²) < 4.78 is 0. The van der Waals surface area contributed by atoms with E-state index in [1.54, 1.807) is 4.90 Å². The van der Waals surface area contributed by atoms with Crippen LogP contribution in [0.25, 0.3) is 0 Å². The van der Waals surface area contributed by atoms with Gasteiger partial charge in [-0.2, -0.15) is 0 Å². The Kier molecular flexibility index (Phi) is 7.26. The summed E-state index contributed by atoms with van der Waals surface area (Å²) in [6.45, 7) is 7.74. The molecule has 7 nitrogen and oxygen atoms in total. The first-order chi connectivity index (χ1) is 19.4. The summed E-state index contributed by atoms with van der Waals surface area (Å²) in [4.78, 5) is 43.8. The van der Waals surface area contributed by atoms with E-state index in [2.05, 4.69) is 95.7 Å². The van der Waals surface area contributed by atoms with Crippen molar-refractivity contribution in [1.29, 1.82) is 0 Å². The monoisotopic (exact) mass is 536 g/mol. The first-order valence-electron chi connectivity index (χ1n) is 14.2. The third-order valence-electron chi connectivity index (χ3n) is 8.59. The molecule has 0 aromatic heterocycles. The van der Waals surface area contributed by atoms with Crippen LogP contribution in [0, 0.1) is 0 Å². The molecule has 0 aliphatic carbocycles. The molecule has 3 atom stereocenters. The lowest BCUT2D eigenvalue weighted by molar-refractivity contribution is -0.136. The second kappa shape index (κ2) is 11.0. The Hall–Kier alpha value is -3.81. The number of amides is 3. The van der Waals surface area contributed by atoms with E-state index in [4.69, 9.17) is 0 Å². The van der Waals surface area contributed by atoms with Gasteiger partial charge in [0, 0.05) is 50.2 Å². The van der Waals surface area contributed by atoms with Crippen LogP contribution in [0.2, 0.25) is 0 Å². The molecule has 3 aromatic carbocycles. The van der Waals surface area contributed by atoms with Gasteiger partial charge in [-0.15, -0.1) is 0 Å². The van der Waals surface area contributed by atoms with E-state index in [9.17, 15) is 14.4 Å². The summed E-state index contributed by atoms with van der Waals surface area (Å²) in [6, 6.07) is 27.9. The number of fused-ring (bicyclic) bond motifs is 1. The van der Waals surface area contributed by atoms with E-state index in [1.165, 1.54) is 16.7 Å². The van der Waals surface area contributed by atoms with Gasteiger partial charge in [0.2, 0.25) is 11.8 Å². The summed E-state index contributed by atoms with van der Waals surface area (Å²) in [5.74, 6) is -0.766. The maximum atomic E-state index is 13.1. The Labute approximate surface area is 235 Å². The normalized spacial score (nSPS) is 23.9. The van der Waals surface area contributed by atoms with Crippen LogP contribution in [0.4, 0.5) is 0 Å². The van der Waals surface area contributed by atoms with E-state index in [-0.39, 0.29) is 30.2 Å². The molecule has 3 aliphatic rings. The highest BCUT2D eigenvalue weighted by atomic mass is 16.2. The SMILES string of the molecule is CC1CN(Cc2ccc3c(c2)CN(C2CCC(=O)NC2=O)C3=O)CC(C)N1C(c1ccccc1)c1ccccc1. The first kappa shape index (κ1) is 26.4. The lowest BCUT2D eigenvalue weighted by Crippen LogP contribution is -2.57. The molecule has 0 radical (unpaired) electrons. The zero-order valence-corrected chi connectivity index (χ0v) is 23.1. The van der Waals surface area contributed by atoms with Crippen molar-refractivity contribution in [1.82, 2.24) is 20.0 Å². The molecule has 0 spiro atoms. The van der Waals surface area contributed by atoms with Gasteiger partial charge in [0.05, 0.1) is 6.04 Å². The standard InChI is InChI=1S/C33H36N4O3/c1-22-18-35(19-23(2)37(22)31(25-9-5-3-6-10-25)26-11-7-4-8-12-26)20-24-13-14-28-27(17-24)21-36(33(28)40)29-15-16-30(38)34-32(29)39/h3-14,17,22-23,29,31H,15-16,18-21H2,1-2H3,(H,34,38,39). The maximum Gasteiger partial charge on any atom is 0.255 e. The van der Waals surface area contributed by atoms with E-state index >= 15 is 0 Å². The number of hydrogen-bond acceptors (Lipinski definition) is 5. The third-order valence-corrected chi connectivity index (χ3v) is 8.59. The van der Waals surface area contributed by atoms with Crippen molar-refractivity contribution < 1.29 is 14.4 Å². The lowest BCUT2D eigenvalue weighted by Gasteiger charge is -2.48. The maximum absolute atomic E-state index is 13.1. The molecule has 0 saturated carbocycles. The number of carbonyl (C=O) groups is 3. The van der Waals surface area contributed by atoms with Gasteiger partial charge in [-0.3, -0.25) is 29.5 Å². The fourth-order valence-corrected chi connectivity index (χ4v) is 6.87. The van der Waals surface area contributed by atoms with Crippen LogP contribution in [0.3, 0.4) is 0 Å². The first-order valence-corrected chi connectivity index (χ1v) is 14.2. The minimum Gasteiger partial charge on any atom is -0.322 e. The Balaban J connectivity index is 1.16. The largest absolute Gasteiger partial charge is 0.322 e. The van der Waals surface area contributed by atoms with Crippen LogP contribution < -0.4 is 5.32 Å². The molecule has 3 aliphatic heterocycles. The number of carbonyl (C=O) groups excluding carboxylic acids is 3. The summed E-state index contributed by atoms with van der Waals surface area (Å²) in [5, 5.41) is 2.38. The molecule has 206 valence electrons. The number of piperidine rings is 1. The van der Waals surface area contributed by atoms with Gasteiger partial charge in [-0.25, -0.2) is 0 Å². The van der Waals surface area contributed by atoms with E-state index in [1.807, 2.05) is 12.1 Å². The highest BCUT2D eigenvalue weighted by molar-refractivity contribution is 6.05. The molecule has 6 rings (SSSR count). The Morgan fingerprint density at radius 2 is 1.48 bits per heavy atom. The molecular weight excluding hydrogens is 500 g/mol. The number of piperazine rings is 1. The van der Waals surface area contributed by atoms with E-state index in [0.29, 0.717) is 30.6 Å². The smallest absolute Gasteiger partial charge is 0.255 e. The predicted molar refractivity (Wildman–Crippen MR) is 153 cm³/mol. The minimum absolute atomic E-state index is 0.125. The second-order valence-electron chi connectivity index (χ2n) is 11.5. The van der Waals surface area contributed by atoms with Gasteiger partial charge < -0.3 is 4.90 Å². The van der Waals surface area contributed by atoms with Crippen LogP contribution >= 0.6 is 0 Å². The molecular formula is C33H36N4O3. The van der Waals surface area contributed by atoms with Crippen LogP contribution in [-0.4, -0.2) is 63.6 Å². The summed E-state index contributed by atoms with van der Waals surface area (Å²) in [6.07, 6.45) is 0.643. The molecule has 2 saturated heterocycles. The van der Waals surface area contributed by atoms with E-state index < -0.39 is 6.04 Å². The lowest BCUT2D eigenvalue weighted by atomic mass is 9.92. The van der Waals surface area contributed by atoms with Crippen molar-refractivity contribution in [2.24, 2.45) is 0 Å². The van der Waals surface area contributed by atoms with Crippen LogP contribution in [0.5, 0.6) is 0 Å². The summed E-state index contributed by atoms with van der Waals surface area (Å²) in [7, 11) is 0. The Bertz CT molecular complexity index is 1360. The average Bonchev–Trinajstić information content (AvgIpc) is 3.27. The molecule has 3 amide bonds. The van der Waals surface area contributed by atoms with Crippen LogP contribution in [0.1, 0.15) is 65.3 Å². The van der Waals surface area contributed by atoms with E-state index in [0.717, 1.165) is 25.2 Å². The predicted octanol–water partition coefficient (Wildman–Crippen LogP) is 4.13. The molecule has 2 fully saturated rings. The molecule has 40 heavy (non-hydrogen) atoms.